The van der Waals surface area contributed by atoms with Gasteiger partial charge in [0.15, 0.2) is 5.11 Å². The lowest BCUT2D eigenvalue weighted by molar-refractivity contribution is -0.122. The maximum Gasteiger partial charge on any atom is 0.339 e. The highest BCUT2D eigenvalue weighted by molar-refractivity contribution is 7.80. The molecule has 0 spiro atoms. The number of nitrogens with zero attached hydrogens (tertiary/aromatic N) is 2. The summed E-state index contributed by atoms with van der Waals surface area (Å²) >= 11 is 6.81. The lowest BCUT2D eigenvalue weighted by atomic mass is 9.95. The molecule has 0 unspecified atom stereocenters. The van der Waals surface area contributed by atoms with Gasteiger partial charge < -0.3 is 14.4 Å². The molecular formula is C27H25N3O5S2. The van der Waals surface area contributed by atoms with Crippen molar-refractivity contribution in [3.63, 3.8) is 0 Å². The van der Waals surface area contributed by atoms with Crippen LogP contribution in [0.4, 0.5) is 5.69 Å². The fourth-order valence-electron chi connectivity index (χ4n) is 4.95. The van der Waals surface area contributed by atoms with E-state index in [4.69, 9.17) is 17.0 Å². The van der Waals surface area contributed by atoms with Crippen LogP contribution in [0, 0.1) is 13.8 Å². The van der Waals surface area contributed by atoms with Gasteiger partial charge in [0.2, 0.25) is 0 Å². The number of carboxylic acids is 1. The van der Waals surface area contributed by atoms with Crippen LogP contribution in [-0.4, -0.2) is 39.7 Å². The summed E-state index contributed by atoms with van der Waals surface area (Å²) in [6.07, 6.45) is 5.22. The molecule has 3 heterocycles. The molecule has 8 nitrogen and oxygen atoms in total. The van der Waals surface area contributed by atoms with Crippen LogP contribution in [0.1, 0.15) is 50.6 Å². The predicted octanol–water partition coefficient (Wildman–Crippen LogP) is 4.57. The van der Waals surface area contributed by atoms with Crippen molar-refractivity contribution < 1.29 is 24.2 Å². The molecule has 1 aliphatic heterocycles. The quantitative estimate of drug-likeness (QED) is 0.282. The molecule has 2 N–H and O–H groups in total. The van der Waals surface area contributed by atoms with E-state index in [1.807, 2.05) is 24.5 Å². The number of carbonyl (C=O) groups excluding carboxylic acids is 2. The topological polar surface area (TPSA) is 101 Å². The highest BCUT2D eigenvalue weighted by Crippen LogP contribution is 2.39. The number of methoxy groups -OCH3 is 1. The van der Waals surface area contributed by atoms with Gasteiger partial charge in [0, 0.05) is 16.3 Å². The fraction of sp³-hybridized carbons (Fsp3) is 0.259. The number of thiocarbonyl (C=S) groups is 1. The number of nitrogens with one attached hydrogen (secondary N) is 1. The summed E-state index contributed by atoms with van der Waals surface area (Å²) in [5, 5.41) is 13.3. The van der Waals surface area contributed by atoms with E-state index in [2.05, 4.69) is 5.32 Å². The summed E-state index contributed by atoms with van der Waals surface area (Å²) in [4.78, 5) is 40.9. The van der Waals surface area contributed by atoms with Crippen molar-refractivity contribution in [2.45, 2.75) is 39.5 Å². The SMILES string of the molecule is COc1ccc(N2C(=O)/C(=C/c3cc(C)n(-c4sc5c(c4C(=O)O)CCCC5)c3C)C(=O)NC2=S)cc1. The van der Waals surface area contributed by atoms with Gasteiger partial charge in [-0.15, -0.1) is 11.3 Å². The number of aryl methyl sites for hydroxylation is 2. The Morgan fingerprint density at radius 2 is 1.86 bits per heavy atom. The lowest BCUT2D eigenvalue weighted by Gasteiger charge is -2.29. The number of amides is 2. The average molecular weight is 536 g/mol. The molecule has 2 aliphatic rings. The maximum atomic E-state index is 13.5. The van der Waals surface area contributed by atoms with Crippen LogP contribution in [-0.2, 0) is 22.4 Å². The highest BCUT2D eigenvalue weighted by Gasteiger charge is 2.35. The van der Waals surface area contributed by atoms with Crippen molar-refractivity contribution in [2.75, 3.05) is 12.0 Å². The standard InChI is InChI=1S/C27H25N3O5S2/c1-14-12-16(15(2)29(14)25-22(26(33)34)19-6-4-5-7-21(19)37-25)13-20-23(31)28-27(36)30(24(20)32)17-8-10-18(35-3)11-9-17/h8-13H,4-7H2,1-3H3,(H,33,34)(H,28,31,36)/b20-13+. The molecule has 0 radical (unpaired) electrons. The lowest BCUT2D eigenvalue weighted by Crippen LogP contribution is -2.54. The molecular weight excluding hydrogens is 510 g/mol. The van der Waals surface area contributed by atoms with E-state index < -0.39 is 17.8 Å². The van der Waals surface area contributed by atoms with Crippen LogP contribution in [0.25, 0.3) is 11.1 Å². The first-order chi connectivity index (χ1) is 17.7. The summed E-state index contributed by atoms with van der Waals surface area (Å²) < 4.78 is 7.10. The summed E-state index contributed by atoms with van der Waals surface area (Å²) in [5.74, 6) is -1.43. The number of anilines is 1. The molecule has 2 amide bonds. The molecule has 1 aromatic carbocycles. The number of hydrogen-bond donors (Lipinski definition) is 2. The minimum absolute atomic E-state index is 0.00180. The number of carbonyl (C=O) groups is 3. The van der Waals surface area contributed by atoms with Crippen LogP contribution in [0.15, 0.2) is 35.9 Å². The summed E-state index contributed by atoms with van der Waals surface area (Å²) in [7, 11) is 1.55. The number of aromatic nitrogens is 1. The van der Waals surface area contributed by atoms with E-state index in [1.165, 1.54) is 16.2 Å². The molecule has 0 bridgehead atoms. The highest BCUT2D eigenvalue weighted by atomic mass is 32.1. The van der Waals surface area contributed by atoms with E-state index in [0.717, 1.165) is 47.5 Å². The Hall–Kier alpha value is -3.76. The molecule has 37 heavy (non-hydrogen) atoms. The third kappa shape index (κ3) is 4.25. The Balaban J connectivity index is 1.57. The number of fused-ring (bicyclic) bond motifs is 1. The van der Waals surface area contributed by atoms with Gasteiger partial charge in [-0.2, -0.15) is 0 Å². The first-order valence-corrected chi connectivity index (χ1v) is 13.1. The molecule has 1 saturated heterocycles. The van der Waals surface area contributed by atoms with Gasteiger partial charge in [0.05, 0.1) is 18.4 Å². The number of benzene rings is 1. The Bertz CT molecular complexity index is 1500. The van der Waals surface area contributed by atoms with E-state index in [9.17, 15) is 19.5 Å². The minimum atomic E-state index is -0.938. The molecule has 3 aromatic rings. The summed E-state index contributed by atoms with van der Waals surface area (Å²) in [6.45, 7) is 3.75. The van der Waals surface area contributed by atoms with Crippen molar-refractivity contribution in [1.29, 1.82) is 0 Å². The first-order valence-electron chi connectivity index (χ1n) is 11.8. The number of rotatable bonds is 5. The van der Waals surface area contributed by atoms with Crippen LogP contribution in [0.3, 0.4) is 0 Å². The first kappa shape index (κ1) is 24.9. The number of aromatic carboxylic acids is 1. The third-order valence-electron chi connectivity index (χ3n) is 6.77. The van der Waals surface area contributed by atoms with Crippen molar-refractivity contribution in [3.8, 4) is 10.8 Å². The minimum Gasteiger partial charge on any atom is -0.497 e. The van der Waals surface area contributed by atoms with Crippen LogP contribution in [0.5, 0.6) is 5.75 Å². The van der Waals surface area contributed by atoms with Crippen molar-refractivity contribution in [1.82, 2.24) is 9.88 Å². The molecule has 1 fully saturated rings. The van der Waals surface area contributed by atoms with Gasteiger partial charge in [0.25, 0.3) is 11.8 Å². The molecule has 5 rings (SSSR count). The average Bonchev–Trinajstić information content (AvgIpc) is 3.38. The normalized spacial score (nSPS) is 16.7. The summed E-state index contributed by atoms with van der Waals surface area (Å²) in [6, 6.07) is 8.66. The molecule has 0 saturated carbocycles. The maximum absolute atomic E-state index is 13.5. The zero-order chi connectivity index (χ0) is 26.4. The second-order valence-electron chi connectivity index (χ2n) is 9.01. The van der Waals surface area contributed by atoms with E-state index in [0.29, 0.717) is 27.6 Å². The number of thiophene rings is 1. The van der Waals surface area contributed by atoms with Crippen molar-refractivity contribution >= 4 is 58.2 Å². The van der Waals surface area contributed by atoms with Gasteiger partial charge in [-0.1, -0.05) is 0 Å². The van der Waals surface area contributed by atoms with Crippen molar-refractivity contribution in [2.24, 2.45) is 0 Å². The molecule has 2 aromatic heterocycles. The van der Waals surface area contributed by atoms with E-state index >= 15 is 0 Å². The van der Waals surface area contributed by atoms with Gasteiger partial charge in [-0.3, -0.25) is 19.8 Å². The molecule has 190 valence electrons. The Kier molecular flexibility index (Phi) is 6.47. The Morgan fingerprint density at radius 3 is 2.54 bits per heavy atom. The molecule has 1 aliphatic carbocycles. The number of hydrogen-bond acceptors (Lipinski definition) is 6. The Labute approximate surface area is 223 Å². The summed E-state index contributed by atoms with van der Waals surface area (Å²) in [5.41, 5.74) is 3.93. The smallest absolute Gasteiger partial charge is 0.339 e. The number of ether oxygens (including phenoxy) is 1. The third-order valence-corrected chi connectivity index (χ3v) is 8.33. The molecule has 0 atom stereocenters. The van der Waals surface area contributed by atoms with Crippen LogP contribution >= 0.6 is 23.6 Å². The second-order valence-corrected chi connectivity index (χ2v) is 10.5. The monoisotopic (exact) mass is 535 g/mol. The van der Waals surface area contributed by atoms with Gasteiger partial charge in [0.1, 0.15) is 16.3 Å². The zero-order valence-corrected chi connectivity index (χ0v) is 22.2. The fourth-order valence-corrected chi connectivity index (χ4v) is 6.73. The van der Waals surface area contributed by atoms with Crippen LogP contribution in [0.2, 0.25) is 0 Å². The van der Waals surface area contributed by atoms with Gasteiger partial charge in [-0.05, 0) is 99.3 Å². The van der Waals surface area contributed by atoms with Gasteiger partial charge >= 0.3 is 5.97 Å². The van der Waals surface area contributed by atoms with E-state index in [-0.39, 0.29) is 10.7 Å². The predicted molar refractivity (Wildman–Crippen MR) is 146 cm³/mol. The van der Waals surface area contributed by atoms with Crippen LogP contribution < -0.4 is 15.0 Å². The number of carboxylic acid groups (broad SMARTS) is 1. The van der Waals surface area contributed by atoms with Crippen molar-refractivity contribution in [3.05, 3.63) is 68.9 Å². The van der Waals surface area contributed by atoms with Gasteiger partial charge in [-0.25, -0.2) is 4.79 Å². The molecule has 10 heteroatoms. The Morgan fingerprint density at radius 1 is 1.16 bits per heavy atom. The zero-order valence-electron chi connectivity index (χ0n) is 20.6. The second kappa shape index (κ2) is 9.60. The van der Waals surface area contributed by atoms with E-state index in [1.54, 1.807) is 37.5 Å². The largest absolute Gasteiger partial charge is 0.497 e.